The molecule has 0 atom stereocenters. The van der Waals surface area contributed by atoms with Crippen LogP contribution in [0.2, 0.25) is 5.02 Å². The Kier molecular flexibility index (Phi) is 12.5. The average molecular weight is 511 g/mol. The molecule has 1 aromatic carbocycles. The van der Waals surface area contributed by atoms with Crippen LogP contribution in [0, 0.1) is 5.41 Å². The molecule has 0 saturated carbocycles. The fourth-order valence-electron chi connectivity index (χ4n) is 2.11. The zero-order chi connectivity index (χ0) is 19.6. The molecule has 0 heterocycles. The van der Waals surface area contributed by atoms with E-state index in [1.165, 1.54) is 0 Å². The number of amides is 1. The smallest absolute Gasteiger partial charge is 0.225 e. The van der Waals surface area contributed by atoms with Gasteiger partial charge in [0.05, 0.1) is 7.11 Å². The molecular formula is C19H32ClIN4O2. The summed E-state index contributed by atoms with van der Waals surface area (Å²) in [6, 6.07) is 5.66. The second-order valence-electron chi connectivity index (χ2n) is 6.90. The molecule has 0 aliphatic carbocycles. The van der Waals surface area contributed by atoms with Gasteiger partial charge in [0.1, 0.15) is 5.75 Å². The van der Waals surface area contributed by atoms with Crippen molar-refractivity contribution in [2.45, 2.75) is 34.1 Å². The van der Waals surface area contributed by atoms with Crippen LogP contribution in [0.25, 0.3) is 0 Å². The van der Waals surface area contributed by atoms with E-state index in [0.29, 0.717) is 24.7 Å². The summed E-state index contributed by atoms with van der Waals surface area (Å²) in [5.41, 5.74) is 0.653. The normalized spacial score (nSPS) is 11.4. The van der Waals surface area contributed by atoms with Gasteiger partial charge in [0.25, 0.3) is 0 Å². The van der Waals surface area contributed by atoms with Gasteiger partial charge in [-0.25, -0.2) is 0 Å². The Morgan fingerprint density at radius 3 is 2.41 bits per heavy atom. The SMILES string of the molecule is CCNC(=NCCc1ccc(OC)cc1Cl)NCCNC(=O)C(C)(C)C.I. The fourth-order valence-corrected chi connectivity index (χ4v) is 2.37. The Morgan fingerprint density at radius 2 is 1.85 bits per heavy atom. The molecule has 0 aromatic heterocycles. The number of nitrogens with one attached hydrogen (secondary N) is 3. The molecule has 0 aliphatic rings. The summed E-state index contributed by atoms with van der Waals surface area (Å²) in [7, 11) is 1.62. The quantitative estimate of drug-likeness (QED) is 0.217. The molecule has 3 N–H and O–H groups in total. The minimum Gasteiger partial charge on any atom is -0.497 e. The van der Waals surface area contributed by atoms with E-state index in [2.05, 4.69) is 20.9 Å². The van der Waals surface area contributed by atoms with Crippen LogP contribution in [0.15, 0.2) is 23.2 Å². The van der Waals surface area contributed by atoms with E-state index in [-0.39, 0.29) is 35.3 Å². The average Bonchev–Trinajstić information content (AvgIpc) is 2.58. The van der Waals surface area contributed by atoms with Crippen LogP contribution in [0.1, 0.15) is 33.3 Å². The third-order valence-electron chi connectivity index (χ3n) is 3.64. The second kappa shape index (κ2) is 13.0. The van der Waals surface area contributed by atoms with Crippen molar-refractivity contribution in [2.75, 3.05) is 33.3 Å². The first-order valence-corrected chi connectivity index (χ1v) is 9.28. The molecular weight excluding hydrogens is 479 g/mol. The van der Waals surface area contributed by atoms with Crippen molar-refractivity contribution >= 4 is 47.4 Å². The summed E-state index contributed by atoms with van der Waals surface area (Å²) in [4.78, 5) is 16.4. The standard InChI is InChI=1S/C19H31ClN4O2.HI/c1-6-21-18(24-12-11-22-17(25)19(2,3)4)23-10-9-14-7-8-15(26-5)13-16(14)20;/h7-8,13H,6,9-12H2,1-5H3,(H,22,25)(H2,21,23,24);1H. The van der Waals surface area contributed by atoms with Gasteiger partial charge in [-0.2, -0.15) is 0 Å². The number of hydrogen-bond donors (Lipinski definition) is 3. The molecule has 154 valence electrons. The summed E-state index contributed by atoms with van der Waals surface area (Å²) in [6.45, 7) is 10.2. The topological polar surface area (TPSA) is 74.8 Å². The highest BCUT2D eigenvalue weighted by molar-refractivity contribution is 14.0. The highest BCUT2D eigenvalue weighted by atomic mass is 127. The molecule has 0 aliphatic heterocycles. The van der Waals surface area contributed by atoms with E-state index in [1.807, 2.05) is 45.9 Å². The number of ether oxygens (including phenoxy) is 1. The summed E-state index contributed by atoms with van der Waals surface area (Å²) in [6.07, 6.45) is 0.736. The predicted octanol–water partition coefficient (Wildman–Crippen LogP) is 3.23. The molecule has 6 nitrogen and oxygen atoms in total. The number of carbonyl (C=O) groups excluding carboxylic acids is 1. The molecule has 0 radical (unpaired) electrons. The lowest BCUT2D eigenvalue weighted by Crippen LogP contribution is -2.43. The third kappa shape index (κ3) is 10.0. The maximum atomic E-state index is 11.8. The Labute approximate surface area is 184 Å². The molecule has 8 heteroatoms. The van der Waals surface area contributed by atoms with Crippen LogP contribution in [-0.4, -0.2) is 45.2 Å². The lowest BCUT2D eigenvalue weighted by Gasteiger charge is -2.18. The van der Waals surface area contributed by atoms with Crippen LogP contribution in [0.4, 0.5) is 0 Å². The first kappa shape index (κ1) is 25.8. The molecule has 1 aromatic rings. The van der Waals surface area contributed by atoms with Gasteiger partial charge in [-0.15, -0.1) is 24.0 Å². The molecule has 1 rings (SSSR count). The van der Waals surface area contributed by atoms with Gasteiger partial charge < -0.3 is 20.7 Å². The second-order valence-corrected chi connectivity index (χ2v) is 7.31. The fraction of sp³-hybridized carbons (Fsp3) is 0.579. The largest absolute Gasteiger partial charge is 0.497 e. The first-order valence-electron chi connectivity index (χ1n) is 8.90. The highest BCUT2D eigenvalue weighted by Gasteiger charge is 2.20. The minimum atomic E-state index is -0.379. The van der Waals surface area contributed by atoms with Crippen LogP contribution in [-0.2, 0) is 11.2 Å². The number of methoxy groups -OCH3 is 1. The number of benzene rings is 1. The number of hydrogen-bond acceptors (Lipinski definition) is 3. The molecule has 0 fully saturated rings. The van der Waals surface area contributed by atoms with Gasteiger partial charge in [0.2, 0.25) is 5.91 Å². The zero-order valence-corrected chi connectivity index (χ0v) is 19.9. The third-order valence-corrected chi connectivity index (χ3v) is 3.99. The first-order chi connectivity index (χ1) is 12.3. The van der Waals surface area contributed by atoms with E-state index in [9.17, 15) is 4.79 Å². The van der Waals surface area contributed by atoms with Crippen LogP contribution < -0.4 is 20.7 Å². The van der Waals surface area contributed by atoms with Gasteiger partial charge in [0.15, 0.2) is 5.96 Å². The van der Waals surface area contributed by atoms with Crippen molar-refractivity contribution in [1.82, 2.24) is 16.0 Å². The van der Waals surface area contributed by atoms with Crippen molar-refractivity contribution < 1.29 is 9.53 Å². The Balaban J connectivity index is 0.00000676. The van der Waals surface area contributed by atoms with E-state index in [4.69, 9.17) is 16.3 Å². The van der Waals surface area contributed by atoms with Gasteiger partial charge in [-0.05, 0) is 31.0 Å². The van der Waals surface area contributed by atoms with E-state index >= 15 is 0 Å². The summed E-state index contributed by atoms with van der Waals surface area (Å²) >= 11 is 6.25. The summed E-state index contributed by atoms with van der Waals surface area (Å²) in [5, 5.41) is 10.0. The predicted molar refractivity (Wildman–Crippen MR) is 124 cm³/mol. The minimum absolute atomic E-state index is 0. The van der Waals surface area contributed by atoms with Gasteiger partial charge in [0, 0.05) is 36.6 Å². The number of carbonyl (C=O) groups is 1. The van der Waals surface area contributed by atoms with Crippen LogP contribution in [0.5, 0.6) is 5.75 Å². The summed E-state index contributed by atoms with van der Waals surface area (Å²) in [5.74, 6) is 1.51. The Hall–Kier alpha value is -1.22. The molecule has 0 unspecified atom stereocenters. The molecule has 27 heavy (non-hydrogen) atoms. The summed E-state index contributed by atoms with van der Waals surface area (Å²) < 4.78 is 5.16. The van der Waals surface area contributed by atoms with E-state index in [0.717, 1.165) is 30.2 Å². The lowest BCUT2D eigenvalue weighted by molar-refractivity contribution is -0.128. The molecule has 0 spiro atoms. The number of aliphatic imine (C=N–C) groups is 1. The van der Waals surface area contributed by atoms with Gasteiger partial charge >= 0.3 is 0 Å². The maximum Gasteiger partial charge on any atom is 0.225 e. The Bertz CT molecular complexity index is 618. The number of halogens is 2. The van der Waals surface area contributed by atoms with Crippen molar-refractivity contribution in [3.8, 4) is 5.75 Å². The van der Waals surface area contributed by atoms with Gasteiger partial charge in [-0.3, -0.25) is 9.79 Å². The van der Waals surface area contributed by atoms with Crippen LogP contribution in [0.3, 0.4) is 0 Å². The number of nitrogens with zero attached hydrogens (tertiary/aromatic N) is 1. The van der Waals surface area contributed by atoms with Crippen molar-refractivity contribution in [3.05, 3.63) is 28.8 Å². The van der Waals surface area contributed by atoms with Crippen molar-refractivity contribution in [3.63, 3.8) is 0 Å². The zero-order valence-electron chi connectivity index (χ0n) is 16.8. The maximum absolute atomic E-state index is 11.8. The van der Waals surface area contributed by atoms with Crippen molar-refractivity contribution in [2.24, 2.45) is 10.4 Å². The monoisotopic (exact) mass is 510 g/mol. The highest BCUT2D eigenvalue weighted by Crippen LogP contribution is 2.22. The van der Waals surface area contributed by atoms with E-state index in [1.54, 1.807) is 7.11 Å². The van der Waals surface area contributed by atoms with Gasteiger partial charge in [-0.1, -0.05) is 38.4 Å². The molecule has 1 amide bonds. The Morgan fingerprint density at radius 1 is 1.19 bits per heavy atom. The van der Waals surface area contributed by atoms with E-state index < -0.39 is 0 Å². The van der Waals surface area contributed by atoms with Crippen molar-refractivity contribution in [1.29, 1.82) is 0 Å². The lowest BCUT2D eigenvalue weighted by atomic mass is 9.96. The molecule has 0 bridgehead atoms. The molecule has 0 saturated heterocycles. The van der Waals surface area contributed by atoms with Crippen LogP contribution >= 0.6 is 35.6 Å². The number of rotatable bonds is 8. The number of guanidine groups is 1.